The van der Waals surface area contributed by atoms with E-state index in [2.05, 4.69) is 30.0 Å². The number of alkyl halides is 5. The Morgan fingerprint density at radius 2 is 1.85 bits per heavy atom. The van der Waals surface area contributed by atoms with E-state index < -0.39 is 30.1 Å². The highest BCUT2D eigenvalue weighted by molar-refractivity contribution is 5.92. The number of benzene rings is 1. The quantitative estimate of drug-likeness (QED) is 0.244. The van der Waals surface area contributed by atoms with Gasteiger partial charge in [0.2, 0.25) is 5.82 Å². The minimum absolute atomic E-state index is 0.00318. The Morgan fingerprint density at radius 1 is 1.12 bits per heavy atom. The molecule has 3 heterocycles. The third-order valence-electron chi connectivity index (χ3n) is 6.83. The van der Waals surface area contributed by atoms with Gasteiger partial charge in [0.25, 0.3) is 0 Å². The molecule has 0 aliphatic heterocycles. The minimum atomic E-state index is -4.51. The van der Waals surface area contributed by atoms with E-state index in [1.54, 1.807) is 4.57 Å². The van der Waals surface area contributed by atoms with Crippen molar-refractivity contribution in [3.05, 3.63) is 59.5 Å². The fourth-order valence-electron chi connectivity index (χ4n) is 4.52. The van der Waals surface area contributed by atoms with Crippen LogP contribution in [-0.2, 0) is 12.7 Å². The van der Waals surface area contributed by atoms with Gasteiger partial charge in [0.1, 0.15) is 17.0 Å². The monoisotopic (exact) mass is 562 g/mol. The van der Waals surface area contributed by atoms with Crippen LogP contribution >= 0.6 is 0 Å². The molecule has 0 spiro atoms. The molecule has 1 saturated carbocycles. The fraction of sp³-hybridized carbons (Fsp3) is 0.346. The van der Waals surface area contributed by atoms with Crippen molar-refractivity contribution in [2.45, 2.75) is 51.6 Å². The number of aromatic nitrogens is 5. The van der Waals surface area contributed by atoms with E-state index in [0.29, 0.717) is 17.0 Å². The summed E-state index contributed by atoms with van der Waals surface area (Å²) < 4.78 is 70.6. The summed E-state index contributed by atoms with van der Waals surface area (Å²) in [4.78, 5) is 28.8. The Kier molecular flexibility index (Phi) is 7.25. The lowest BCUT2D eigenvalue weighted by molar-refractivity contribution is -0.137. The summed E-state index contributed by atoms with van der Waals surface area (Å²) >= 11 is 0. The van der Waals surface area contributed by atoms with Gasteiger partial charge >= 0.3 is 18.8 Å². The Hall–Kier alpha value is -4.36. The van der Waals surface area contributed by atoms with Crippen molar-refractivity contribution in [3.8, 4) is 17.3 Å². The number of carbonyl (C=O) groups is 1. The van der Waals surface area contributed by atoms with Crippen LogP contribution in [0, 0.1) is 5.92 Å². The van der Waals surface area contributed by atoms with Gasteiger partial charge in [-0.25, -0.2) is 24.7 Å². The molecule has 40 heavy (non-hydrogen) atoms. The van der Waals surface area contributed by atoms with Gasteiger partial charge in [0.05, 0.1) is 11.8 Å². The number of hydrogen-bond donors (Lipinski definition) is 2. The van der Waals surface area contributed by atoms with Crippen molar-refractivity contribution in [3.63, 3.8) is 0 Å². The molecule has 0 bridgehead atoms. The summed E-state index contributed by atoms with van der Waals surface area (Å²) in [6.07, 6.45) is -0.339. The maximum absolute atomic E-state index is 13.1. The van der Waals surface area contributed by atoms with Crippen LogP contribution in [0.25, 0.3) is 22.7 Å². The molecule has 1 aromatic carbocycles. The fourth-order valence-corrected chi connectivity index (χ4v) is 4.52. The summed E-state index contributed by atoms with van der Waals surface area (Å²) in [6, 6.07) is 7.15. The van der Waals surface area contributed by atoms with Gasteiger partial charge in [0.15, 0.2) is 17.3 Å². The van der Waals surface area contributed by atoms with Gasteiger partial charge in [0, 0.05) is 12.6 Å². The number of carboxylic acids is 1. The number of imidazole rings is 1. The molecule has 0 amide bonds. The number of halogens is 5. The van der Waals surface area contributed by atoms with Crippen LogP contribution in [0.15, 0.2) is 42.6 Å². The number of nitrogens with one attached hydrogen (secondary N) is 1. The summed E-state index contributed by atoms with van der Waals surface area (Å²) in [5.74, 6) is -1.32. The van der Waals surface area contributed by atoms with Gasteiger partial charge in [-0.05, 0) is 55.5 Å². The molecule has 0 unspecified atom stereocenters. The number of anilines is 1. The molecule has 1 atom stereocenters. The predicted molar refractivity (Wildman–Crippen MR) is 133 cm³/mol. The predicted octanol–water partition coefficient (Wildman–Crippen LogP) is 5.86. The molecule has 4 aromatic rings. The third-order valence-corrected chi connectivity index (χ3v) is 6.83. The first-order chi connectivity index (χ1) is 19.0. The second-order valence-corrected chi connectivity index (χ2v) is 9.47. The Labute approximate surface area is 224 Å². The number of nitrogens with zero attached hydrogens (tertiary/aromatic N) is 5. The average molecular weight is 562 g/mol. The Balaban J connectivity index is 1.65. The average Bonchev–Trinajstić information content (AvgIpc) is 3.21. The summed E-state index contributed by atoms with van der Waals surface area (Å²) in [5, 5.41) is 12.9. The first kappa shape index (κ1) is 27.2. The van der Waals surface area contributed by atoms with Gasteiger partial charge < -0.3 is 19.7 Å². The van der Waals surface area contributed by atoms with Gasteiger partial charge in [-0.2, -0.15) is 22.0 Å². The van der Waals surface area contributed by atoms with Crippen molar-refractivity contribution in [2.75, 3.05) is 5.32 Å². The lowest BCUT2D eigenvalue weighted by Crippen LogP contribution is -2.31. The second-order valence-electron chi connectivity index (χ2n) is 9.47. The van der Waals surface area contributed by atoms with E-state index in [1.807, 2.05) is 6.92 Å². The van der Waals surface area contributed by atoms with Crippen molar-refractivity contribution in [1.29, 1.82) is 0 Å². The minimum Gasteiger partial charge on any atom is -0.475 e. The van der Waals surface area contributed by atoms with Crippen LogP contribution in [0.2, 0.25) is 0 Å². The molecule has 14 heteroatoms. The first-order valence-electron chi connectivity index (χ1n) is 12.3. The van der Waals surface area contributed by atoms with Crippen molar-refractivity contribution < 1.29 is 36.6 Å². The molecule has 0 radical (unpaired) electrons. The lowest BCUT2D eigenvalue weighted by Gasteiger charge is -2.32. The number of aromatic carboxylic acids is 1. The van der Waals surface area contributed by atoms with Crippen molar-refractivity contribution >= 4 is 23.0 Å². The number of hydrogen-bond acceptors (Lipinski definition) is 7. The van der Waals surface area contributed by atoms with Gasteiger partial charge in [-0.15, -0.1) is 0 Å². The zero-order valence-corrected chi connectivity index (χ0v) is 21.0. The third kappa shape index (κ3) is 5.65. The number of pyridine rings is 1. The lowest BCUT2D eigenvalue weighted by atomic mass is 9.80. The molecule has 2 N–H and O–H groups in total. The maximum Gasteiger partial charge on any atom is 0.416 e. The van der Waals surface area contributed by atoms with Crippen LogP contribution < -0.4 is 10.1 Å². The molecule has 1 fully saturated rings. The summed E-state index contributed by atoms with van der Waals surface area (Å²) in [5.41, 5.74) is 0.218. The van der Waals surface area contributed by atoms with Gasteiger partial charge in [-0.3, -0.25) is 0 Å². The Bertz CT molecular complexity index is 1520. The summed E-state index contributed by atoms with van der Waals surface area (Å²) in [7, 11) is 0. The highest BCUT2D eigenvalue weighted by Gasteiger charge is 2.30. The highest BCUT2D eigenvalue weighted by Crippen LogP contribution is 2.34. The number of fused-ring (bicyclic) bond motifs is 1. The normalized spacial score (nSPS) is 14.8. The van der Waals surface area contributed by atoms with E-state index in [1.165, 1.54) is 24.3 Å². The highest BCUT2D eigenvalue weighted by atomic mass is 19.4. The van der Waals surface area contributed by atoms with E-state index >= 15 is 0 Å². The molecule has 0 saturated heterocycles. The number of rotatable bonds is 9. The van der Waals surface area contributed by atoms with Crippen LogP contribution in [0.1, 0.15) is 47.9 Å². The summed E-state index contributed by atoms with van der Waals surface area (Å²) in [6.45, 7) is -1.09. The molecule has 5 rings (SSSR count). The molecule has 3 aromatic heterocycles. The molecular weight excluding hydrogens is 539 g/mol. The molecule has 1 aliphatic rings. The van der Waals surface area contributed by atoms with E-state index in [9.17, 15) is 31.9 Å². The number of ether oxygens (including phenoxy) is 1. The van der Waals surface area contributed by atoms with Gasteiger partial charge in [-0.1, -0.05) is 18.6 Å². The molecule has 1 aliphatic carbocycles. The van der Waals surface area contributed by atoms with Crippen LogP contribution in [0.3, 0.4) is 0 Å². The van der Waals surface area contributed by atoms with E-state index in [-0.39, 0.29) is 41.3 Å². The Morgan fingerprint density at radius 3 is 2.40 bits per heavy atom. The van der Waals surface area contributed by atoms with E-state index in [0.717, 1.165) is 37.6 Å². The van der Waals surface area contributed by atoms with E-state index in [4.69, 9.17) is 0 Å². The van der Waals surface area contributed by atoms with Crippen LogP contribution in [-0.4, -0.2) is 48.2 Å². The zero-order chi connectivity index (χ0) is 28.6. The molecule has 9 nitrogen and oxygen atoms in total. The van der Waals surface area contributed by atoms with Crippen LogP contribution in [0.5, 0.6) is 5.75 Å². The van der Waals surface area contributed by atoms with Crippen LogP contribution in [0.4, 0.5) is 27.8 Å². The largest absolute Gasteiger partial charge is 0.475 e. The molecular formula is C26H23F5N6O3. The maximum atomic E-state index is 13.1. The number of carboxylic acid groups (broad SMARTS) is 1. The standard InChI is InChI=1S/C26H23F5N6O3/c1-13(15-3-2-4-15)33-20-19-21(35-22(34-20)24(38)39)36-23(18-10-9-17(11-32-18)40-25(27)28)37(19)12-14-5-7-16(8-6-14)26(29,30)31/h5-11,13,15,25H,2-4,12H2,1H3,(H,38,39)(H,33,34,35)/t13-/m1/s1. The SMILES string of the molecule is C[C@@H](Nc1nc(C(=O)O)nc2nc(-c3ccc(OC(F)F)cn3)n(Cc3ccc(C(F)(F)F)cc3)c12)C1CCC1. The first-order valence-corrected chi connectivity index (χ1v) is 12.3. The van der Waals surface area contributed by atoms with Crippen molar-refractivity contribution in [2.24, 2.45) is 5.92 Å². The molecule has 210 valence electrons. The smallest absolute Gasteiger partial charge is 0.416 e. The topological polar surface area (TPSA) is 115 Å². The second kappa shape index (κ2) is 10.7. The zero-order valence-electron chi connectivity index (χ0n) is 21.0. The van der Waals surface area contributed by atoms with Crippen molar-refractivity contribution in [1.82, 2.24) is 24.5 Å².